The lowest BCUT2D eigenvalue weighted by atomic mass is 10.5. The number of urea groups is 1. The Kier molecular flexibility index (Phi) is 3.23. The third-order valence-electron chi connectivity index (χ3n) is 1.70. The van der Waals surface area contributed by atoms with Crippen LogP contribution in [-0.2, 0) is 14.3 Å². The lowest BCUT2D eigenvalue weighted by Gasteiger charge is -2.03. The van der Waals surface area contributed by atoms with Gasteiger partial charge in [-0.15, -0.1) is 0 Å². The van der Waals surface area contributed by atoms with Crippen molar-refractivity contribution >= 4 is 17.9 Å². The highest BCUT2D eigenvalue weighted by atomic mass is 16.5. The summed E-state index contributed by atoms with van der Waals surface area (Å²) in [6.45, 7) is 1.88. The molecular formula is C8H9N3O4. The molecule has 1 fully saturated rings. The van der Waals surface area contributed by atoms with Gasteiger partial charge in [0.05, 0.1) is 19.2 Å². The molecule has 7 heteroatoms. The number of nitrogens with zero attached hydrogens (tertiary/aromatic N) is 2. The van der Waals surface area contributed by atoms with E-state index in [1.54, 1.807) is 6.92 Å². The van der Waals surface area contributed by atoms with Crippen LogP contribution in [0, 0.1) is 11.3 Å². The van der Waals surface area contributed by atoms with Crippen LogP contribution in [0.3, 0.4) is 0 Å². The predicted molar refractivity (Wildman–Crippen MR) is 46.3 cm³/mol. The van der Waals surface area contributed by atoms with E-state index >= 15 is 0 Å². The van der Waals surface area contributed by atoms with Crippen molar-refractivity contribution in [3.05, 3.63) is 0 Å². The molecule has 1 atom stereocenters. The largest absolute Gasteiger partial charge is 0.459 e. The Morgan fingerprint density at radius 1 is 1.60 bits per heavy atom. The van der Waals surface area contributed by atoms with Crippen LogP contribution in [0.2, 0.25) is 0 Å². The first-order valence-electron chi connectivity index (χ1n) is 4.28. The molecule has 0 bridgehead atoms. The fourth-order valence-corrected chi connectivity index (χ4v) is 0.891. The van der Waals surface area contributed by atoms with Gasteiger partial charge in [-0.3, -0.25) is 10.1 Å². The Morgan fingerprint density at radius 2 is 2.27 bits per heavy atom. The molecular weight excluding hydrogens is 202 g/mol. The van der Waals surface area contributed by atoms with Crippen molar-refractivity contribution in [2.24, 2.45) is 0 Å². The first-order chi connectivity index (χ1) is 7.10. The molecule has 0 spiro atoms. The fraction of sp³-hybridized carbons (Fsp3) is 0.500. The third kappa shape index (κ3) is 2.67. The molecule has 3 amide bonds. The molecule has 1 rings (SSSR count). The maximum absolute atomic E-state index is 11.1. The predicted octanol–water partition coefficient (Wildman–Crippen LogP) is -1.01. The molecule has 0 radical (unpaired) electrons. The summed E-state index contributed by atoms with van der Waals surface area (Å²) in [4.78, 5) is 34.0. The highest BCUT2D eigenvalue weighted by Gasteiger charge is 2.39. The van der Waals surface area contributed by atoms with E-state index in [0.717, 1.165) is 4.90 Å². The van der Waals surface area contributed by atoms with Crippen LogP contribution in [-0.4, -0.2) is 42.0 Å². The summed E-state index contributed by atoms with van der Waals surface area (Å²) in [6.07, 6.45) is 0. The van der Waals surface area contributed by atoms with Crippen LogP contribution >= 0.6 is 0 Å². The number of nitrogens with one attached hydrogen (secondary N) is 1. The van der Waals surface area contributed by atoms with Gasteiger partial charge in [-0.2, -0.15) is 5.26 Å². The van der Waals surface area contributed by atoms with Gasteiger partial charge in [0.2, 0.25) is 0 Å². The summed E-state index contributed by atoms with van der Waals surface area (Å²) < 4.78 is 4.37. The minimum Gasteiger partial charge on any atom is -0.459 e. The summed E-state index contributed by atoms with van der Waals surface area (Å²) >= 11 is 0. The minimum atomic E-state index is -1.12. The normalized spacial score (nSPS) is 17.6. The molecule has 0 aromatic carbocycles. The van der Waals surface area contributed by atoms with E-state index in [1.165, 1.54) is 0 Å². The molecule has 15 heavy (non-hydrogen) atoms. The number of ether oxygens (including phenoxy) is 1. The van der Waals surface area contributed by atoms with Crippen LogP contribution in [0.5, 0.6) is 0 Å². The maximum Gasteiger partial charge on any atom is 0.397 e. The standard InChI is InChI=1S/C8H9N3O4/c1-2-15-7(13)6(12)10-8(14)11-4-5(11)3-9/h5H,2,4H2,1H3,(H,10,12,14). The van der Waals surface area contributed by atoms with Gasteiger partial charge in [0.1, 0.15) is 6.04 Å². The minimum absolute atomic E-state index is 0.0605. The average Bonchev–Trinajstić information content (AvgIpc) is 2.96. The number of carbonyl (C=O) groups excluding carboxylic acids is 3. The van der Waals surface area contributed by atoms with Crippen molar-refractivity contribution in [1.29, 1.82) is 5.26 Å². The van der Waals surface area contributed by atoms with Gasteiger partial charge in [-0.05, 0) is 6.92 Å². The van der Waals surface area contributed by atoms with Crippen molar-refractivity contribution in [3.63, 3.8) is 0 Å². The first kappa shape index (κ1) is 11.0. The van der Waals surface area contributed by atoms with E-state index in [2.05, 4.69) is 4.74 Å². The molecule has 0 saturated carbocycles. The second-order valence-electron chi connectivity index (χ2n) is 2.78. The molecule has 1 saturated heterocycles. The van der Waals surface area contributed by atoms with Crippen molar-refractivity contribution in [2.75, 3.05) is 13.2 Å². The van der Waals surface area contributed by atoms with E-state index in [1.807, 2.05) is 11.4 Å². The van der Waals surface area contributed by atoms with Gasteiger partial charge in [0.15, 0.2) is 0 Å². The highest BCUT2D eigenvalue weighted by molar-refractivity contribution is 6.35. The number of rotatable bonds is 1. The molecule has 1 heterocycles. The van der Waals surface area contributed by atoms with Gasteiger partial charge in [-0.25, -0.2) is 9.59 Å². The van der Waals surface area contributed by atoms with Crippen molar-refractivity contribution in [3.8, 4) is 6.07 Å². The lowest BCUT2D eigenvalue weighted by Crippen LogP contribution is -2.40. The molecule has 80 valence electrons. The van der Waals surface area contributed by atoms with E-state index in [-0.39, 0.29) is 13.2 Å². The molecule has 1 N–H and O–H groups in total. The summed E-state index contributed by atoms with van der Waals surface area (Å²) in [5, 5.41) is 10.2. The smallest absolute Gasteiger partial charge is 0.397 e. The van der Waals surface area contributed by atoms with Gasteiger partial charge < -0.3 is 9.64 Å². The second kappa shape index (κ2) is 4.41. The monoisotopic (exact) mass is 211 g/mol. The number of hydrogen-bond acceptors (Lipinski definition) is 5. The first-order valence-corrected chi connectivity index (χ1v) is 4.28. The van der Waals surface area contributed by atoms with E-state index in [9.17, 15) is 14.4 Å². The van der Waals surface area contributed by atoms with E-state index in [0.29, 0.717) is 0 Å². The summed E-state index contributed by atoms with van der Waals surface area (Å²) in [7, 11) is 0. The Morgan fingerprint density at radius 3 is 2.73 bits per heavy atom. The Bertz CT molecular complexity index is 346. The average molecular weight is 211 g/mol. The topological polar surface area (TPSA) is 99.3 Å². The maximum atomic E-state index is 11.1. The molecule has 0 aromatic rings. The lowest BCUT2D eigenvalue weighted by molar-refractivity contribution is -0.154. The van der Waals surface area contributed by atoms with Crippen molar-refractivity contribution in [1.82, 2.24) is 10.2 Å². The zero-order valence-corrected chi connectivity index (χ0v) is 8.02. The van der Waals surface area contributed by atoms with Gasteiger partial charge in [0.25, 0.3) is 0 Å². The van der Waals surface area contributed by atoms with Crippen molar-refractivity contribution < 1.29 is 19.1 Å². The quantitative estimate of drug-likeness (QED) is 0.340. The number of imide groups is 1. The molecule has 7 nitrogen and oxygen atoms in total. The molecule has 0 aromatic heterocycles. The fourth-order valence-electron chi connectivity index (χ4n) is 0.891. The van der Waals surface area contributed by atoms with Crippen LogP contribution in [0.15, 0.2) is 0 Å². The number of esters is 1. The molecule has 1 unspecified atom stereocenters. The molecule has 1 aliphatic heterocycles. The van der Waals surface area contributed by atoms with E-state index in [4.69, 9.17) is 5.26 Å². The number of nitriles is 1. The summed E-state index contributed by atoms with van der Waals surface area (Å²) in [5.41, 5.74) is 0. The van der Waals surface area contributed by atoms with Gasteiger partial charge >= 0.3 is 17.9 Å². The second-order valence-corrected chi connectivity index (χ2v) is 2.78. The van der Waals surface area contributed by atoms with Crippen LogP contribution in [0.1, 0.15) is 6.92 Å². The van der Waals surface area contributed by atoms with Crippen LogP contribution < -0.4 is 5.32 Å². The number of hydrogen-bond donors (Lipinski definition) is 1. The molecule has 1 aliphatic rings. The van der Waals surface area contributed by atoms with E-state index < -0.39 is 23.9 Å². The summed E-state index contributed by atoms with van der Waals surface area (Å²) in [5.74, 6) is -2.23. The Balaban J connectivity index is 2.36. The zero-order chi connectivity index (χ0) is 11.4. The third-order valence-corrected chi connectivity index (χ3v) is 1.70. The Labute approximate surface area is 85.6 Å². The van der Waals surface area contributed by atoms with Crippen molar-refractivity contribution in [2.45, 2.75) is 13.0 Å². The number of carbonyl (C=O) groups is 3. The molecule has 0 aliphatic carbocycles. The van der Waals surface area contributed by atoms with Crippen LogP contribution in [0.25, 0.3) is 0 Å². The number of amides is 3. The van der Waals surface area contributed by atoms with Crippen LogP contribution in [0.4, 0.5) is 4.79 Å². The van der Waals surface area contributed by atoms with Gasteiger partial charge in [0, 0.05) is 0 Å². The zero-order valence-electron chi connectivity index (χ0n) is 8.02. The SMILES string of the molecule is CCOC(=O)C(=O)NC(=O)N1CC1C#N. The highest BCUT2D eigenvalue weighted by Crippen LogP contribution is 2.15. The van der Waals surface area contributed by atoms with Gasteiger partial charge in [-0.1, -0.05) is 0 Å². The summed E-state index contributed by atoms with van der Waals surface area (Å²) in [6, 6.07) is 0.585. The Hall–Kier alpha value is -2.10.